The highest BCUT2D eigenvalue weighted by Gasteiger charge is 2.27. The fourth-order valence-electron chi connectivity index (χ4n) is 6.60. The second-order valence-corrected chi connectivity index (χ2v) is 18.6. The van der Waals surface area contributed by atoms with E-state index in [2.05, 4.69) is 26.0 Å². The molecule has 0 bridgehead atoms. The van der Waals surface area contributed by atoms with Gasteiger partial charge in [-0.3, -0.25) is 18.6 Å². The number of carbonyl (C=O) groups is 2. The van der Waals surface area contributed by atoms with E-state index in [4.69, 9.17) is 18.5 Å². The minimum Gasteiger partial charge on any atom is -0.462 e. The zero-order valence-electron chi connectivity index (χ0n) is 37.4. The van der Waals surface area contributed by atoms with Gasteiger partial charge in [-0.2, -0.15) is 0 Å². The Morgan fingerprint density at radius 3 is 1.36 bits per heavy atom. The molecular formula is C46H91NO8P+. The summed E-state index contributed by atoms with van der Waals surface area (Å²) in [5, 5.41) is 0. The highest BCUT2D eigenvalue weighted by molar-refractivity contribution is 7.47. The second kappa shape index (κ2) is 39.2. The molecule has 0 spiro atoms. The quantitative estimate of drug-likeness (QED) is 0.0213. The van der Waals surface area contributed by atoms with Crippen LogP contribution < -0.4 is 0 Å². The molecular weight excluding hydrogens is 725 g/mol. The molecule has 0 saturated heterocycles. The second-order valence-electron chi connectivity index (χ2n) is 17.1. The van der Waals surface area contributed by atoms with E-state index < -0.39 is 26.5 Å². The average molecular weight is 817 g/mol. The van der Waals surface area contributed by atoms with Gasteiger partial charge in [-0.05, 0) is 38.5 Å². The van der Waals surface area contributed by atoms with Gasteiger partial charge in [0.2, 0.25) is 0 Å². The first-order valence-corrected chi connectivity index (χ1v) is 24.9. The Balaban J connectivity index is 4.28. The number of likely N-dealkylation sites (N-methyl/N-ethyl adjacent to an activating group) is 1. The Morgan fingerprint density at radius 2 is 0.911 bits per heavy atom. The van der Waals surface area contributed by atoms with Crippen LogP contribution in [-0.4, -0.2) is 74.9 Å². The fourth-order valence-corrected chi connectivity index (χ4v) is 7.34. The van der Waals surface area contributed by atoms with Gasteiger partial charge in [0.25, 0.3) is 0 Å². The number of carbonyl (C=O) groups excluding carboxylic acids is 2. The lowest BCUT2D eigenvalue weighted by Crippen LogP contribution is -2.37. The summed E-state index contributed by atoms with van der Waals surface area (Å²) in [6, 6.07) is 0. The van der Waals surface area contributed by atoms with Crippen molar-refractivity contribution in [1.82, 2.24) is 0 Å². The fraction of sp³-hybridized carbons (Fsp3) is 0.913. The predicted molar refractivity (Wildman–Crippen MR) is 234 cm³/mol. The molecule has 0 heterocycles. The van der Waals surface area contributed by atoms with Gasteiger partial charge in [0.05, 0.1) is 27.7 Å². The standard InChI is InChI=1S/C46H90NO8P/c1-6-8-10-12-14-16-18-20-22-23-25-26-28-30-32-34-36-38-45(48)52-42-44(43-54-56(50,51)53-41-40-47(3,4)5)55-46(49)39-37-35-33-31-29-27-24-21-19-17-15-13-11-9-7-2/h15,17,44H,6-14,16,18-43H2,1-5H3/p+1/b17-15+. The molecule has 0 aliphatic rings. The number of quaternary nitrogens is 1. The number of nitrogens with zero attached hydrogens (tertiary/aromatic N) is 1. The zero-order valence-corrected chi connectivity index (χ0v) is 38.3. The third-order valence-electron chi connectivity index (χ3n) is 10.3. The minimum absolute atomic E-state index is 0.0343. The topological polar surface area (TPSA) is 108 Å². The van der Waals surface area contributed by atoms with Crippen LogP contribution in [0.4, 0.5) is 0 Å². The van der Waals surface area contributed by atoms with Gasteiger partial charge in [-0.15, -0.1) is 0 Å². The maximum atomic E-state index is 12.7. The van der Waals surface area contributed by atoms with Crippen LogP contribution >= 0.6 is 7.82 Å². The number of unbranched alkanes of at least 4 members (excludes halogenated alkanes) is 27. The third kappa shape index (κ3) is 42.4. The largest absolute Gasteiger partial charge is 0.472 e. The SMILES string of the molecule is CCCCC/C=C/CCCCCCCCCCC(=O)OC(COC(=O)CCCCCCCCCCCCCCCCCCC)COP(=O)(O)OCC[N+](C)(C)C. The summed E-state index contributed by atoms with van der Waals surface area (Å²) in [4.78, 5) is 35.4. The normalized spacial score (nSPS) is 13.6. The summed E-state index contributed by atoms with van der Waals surface area (Å²) < 4.78 is 34.4. The lowest BCUT2D eigenvalue weighted by atomic mass is 10.0. The van der Waals surface area contributed by atoms with Gasteiger partial charge in [0.15, 0.2) is 6.10 Å². The van der Waals surface area contributed by atoms with Crippen LogP contribution in [0, 0.1) is 0 Å². The molecule has 0 fully saturated rings. The molecule has 10 heteroatoms. The summed E-state index contributed by atoms with van der Waals surface area (Å²) in [5.41, 5.74) is 0. The van der Waals surface area contributed by atoms with Crippen molar-refractivity contribution in [3.05, 3.63) is 12.2 Å². The first kappa shape index (κ1) is 54.8. The van der Waals surface area contributed by atoms with Crippen molar-refractivity contribution < 1.29 is 42.1 Å². The highest BCUT2D eigenvalue weighted by atomic mass is 31.2. The minimum atomic E-state index is -4.37. The van der Waals surface area contributed by atoms with E-state index in [1.54, 1.807) is 0 Å². The predicted octanol–water partition coefficient (Wildman–Crippen LogP) is 13.4. The molecule has 0 aromatic carbocycles. The van der Waals surface area contributed by atoms with Gasteiger partial charge in [-0.1, -0.05) is 180 Å². The molecule has 56 heavy (non-hydrogen) atoms. The molecule has 1 N–H and O–H groups in total. The molecule has 332 valence electrons. The molecule has 0 aliphatic carbocycles. The smallest absolute Gasteiger partial charge is 0.462 e. The van der Waals surface area contributed by atoms with E-state index in [1.807, 2.05) is 21.1 Å². The van der Waals surface area contributed by atoms with Crippen molar-refractivity contribution in [3.63, 3.8) is 0 Å². The summed E-state index contributed by atoms with van der Waals surface area (Å²) >= 11 is 0. The molecule has 0 saturated carbocycles. The number of hydrogen-bond donors (Lipinski definition) is 1. The Kier molecular flexibility index (Phi) is 38.3. The summed E-state index contributed by atoms with van der Waals surface area (Å²) in [7, 11) is 1.49. The summed E-state index contributed by atoms with van der Waals surface area (Å²) in [6.45, 7) is 4.43. The molecule has 2 atom stereocenters. The van der Waals surface area contributed by atoms with Gasteiger partial charge in [0.1, 0.15) is 19.8 Å². The molecule has 0 amide bonds. The number of esters is 2. The van der Waals surface area contributed by atoms with E-state index in [1.165, 1.54) is 148 Å². The zero-order chi connectivity index (χ0) is 41.4. The maximum Gasteiger partial charge on any atom is 0.472 e. The van der Waals surface area contributed by atoms with Crippen LogP contribution in [0.2, 0.25) is 0 Å². The van der Waals surface area contributed by atoms with E-state index >= 15 is 0 Å². The van der Waals surface area contributed by atoms with Gasteiger partial charge in [0, 0.05) is 12.8 Å². The first-order chi connectivity index (χ1) is 27.0. The molecule has 0 aliphatic heterocycles. The molecule has 0 rings (SSSR count). The van der Waals surface area contributed by atoms with Gasteiger partial charge >= 0.3 is 19.8 Å². The van der Waals surface area contributed by atoms with Crippen molar-refractivity contribution in [2.45, 2.75) is 225 Å². The first-order valence-electron chi connectivity index (χ1n) is 23.4. The number of rotatable bonds is 43. The highest BCUT2D eigenvalue weighted by Crippen LogP contribution is 2.43. The van der Waals surface area contributed by atoms with Crippen molar-refractivity contribution in [2.75, 3.05) is 47.5 Å². The van der Waals surface area contributed by atoms with Crippen LogP contribution in [-0.2, 0) is 32.7 Å². The Hall–Kier alpha value is -1.25. The molecule has 0 aromatic rings. The van der Waals surface area contributed by atoms with Crippen molar-refractivity contribution in [3.8, 4) is 0 Å². The van der Waals surface area contributed by atoms with E-state index in [-0.39, 0.29) is 25.6 Å². The lowest BCUT2D eigenvalue weighted by Gasteiger charge is -2.24. The summed E-state index contributed by atoms with van der Waals surface area (Å²) in [6.07, 6.45) is 41.1. The Morgan fingerprint density at radius 1 is 0.536 bits per heavy atom. The van der Waals surface area contributed by atoms with Crippen LogP contribution in [0.25, 0.3) is 0 Å². The van der Waals surface area contributed by atoms with Crippen LogP contribution in [0.1, 0.15) is 219 Å². The molecule has 2 unspecified atom stereocenters. The van der Waals surface area contributed by atoms with E-state index in [0.717, 1.165) is 38.5 Å². The monoisotopic (exact) mass is 817 g/mol. The molecule has 9 nitrogen and oxygen atoms in total. The van der Waals surface area contributed by atoms with E-state index in [0.29, 0.717) is 23.9 Å². The van der Waals surface area contributed by atoms with Crippen LogP contribution in [0.15, 0.2) is 12.2 Å². The third-order valence-corrected chi connectivity index (χ3v) is 11.3. The van der Waals surface area contributed by atoms with Crippen molar-refractivity contribution in [2.24, 2.45) is 0 Å². The average Bonchev–Trinajstić information content (AvgIpc) is 3.15. The summed E-state index contributed by atoms with van der Waals surface area (Å²) in [5.74, 6) is -0.790. The molecule has 0 radical (unpaired) electrons. The maximum absolute atomic E-state index is 12.7. The lowest BCUT2D eigenvalue weighted by molar-refractivity contribution is -0.870. The number of phosphoric ester groups is 1. The Labute approximate surface area is 346 Å². The van der Waals surface area contributed by atoms with Gasteiger partial charge < -0.3 is 18.9 Å². The number of allylic oxidation sites excluding steroid dienone is 2. The van der Waals surface area contributed by atoms with Crippen molar-refractivity contribution in [1.29, 1.82) is 0 Å². The van der Waals surface area contributed by atoms with E-state index in [9.17, 15) is 19.0 Å². The molecule has 0 aromatic heterocycles. The Bertz CT molecular complexity index is 969. The van der Waals surface area contributed by atoms with Crippen LogP contribution in [0.3, 0.4) is 0 Å². The number of ether oxygens (including phenoxy) is 2. The van der Waals surface area contributed by atoms with Crippen LogP contribution in [0.5, 0.6) is 0 Å². The van der Waals surface area contributed by atoms with Crippen molar-refractivity contribution >= 4 is 19.8 Å². The number of phosphoric acid groups is 1. The number of hydrogen-bond acceptors (Lipinski definition) is 7. The van der Waals surface area contributed by atoms with Gasteiger partial charge in [-0.25, -0.2) is 4.57 Å².